The summed E-state index contributed by atoms with van der Waals surface area (Å²) in [6.07, 6.45) is 3.38. The number of carbonyl (C=O) groups excluding carboxylic acids is 1. The third-order valence-electron chi connectivity index (χ3n) is 3.26. The molecule has 0 aromatic carbocycles. The second-order valence-corrected chi connectivity index (χ2v) is 4.63. The first kappa shape index (κ1) is 13.0. The van der Waals surface area contributed by atoms with Crippen molar-refractivity contribution in [1.82, 2.24) is 14.5 Å². The van der Waals surface area contributed by atoms with Crippen molar-refractivity contribution in [3.05, 3.63) is 18.2 Å². The van der Waals surface area contributed by atoms with Gasteiger partial charge in [-0.05, 0) is 13.8 Å². The molecule has 0 radical (unpaired) electrons. The number of hydrogen-bond acceptors (Lipinski definition) is 4. The highest BCUT2D eigenvalue weighted by Crippen LogP contribution is 2.17. The van der Waals surface area contributed by atoms with Gasteiger partial charge in [-0.3, -0.25) is 4.79 Å². The van der Waals surface area contributed by atoms with Crippen LogP contribution in [0.25, 0.3) is 0 Å². The fraction of sp³-hybridized carbons (Fsp3) is 0.667. The average Bonchev–Trinajstić information content (AvgIpc) is 2.87. The molecule has 1 aliphatic rings. The van der Waals surface area contributed by atoms with Crippen LogP contribution in [0.2, 0.25) is 0 Å². The number of ether oxygens (including phenoxy) is 1. The van der Waals surface area contributed by atoms with Crippen molar-refractivity contribution in [2.45, 2.75) is 25.9 Å². The Morgan fingerprint density at radius 2 is 2.11 bits per heavy atom. The van der Waals surface area contributed by atoms with Crippen molar-refractivity contribution in [2.75, 3.05) is 26.3 Å². The van der Waals surface area contributed by atoms with Gasteiger partial charge in [-0.1, -0.05) is 0 Å². The molecular formula is C12H20N4O2. The third kappa shape index (κ3) is 2.54. The SMILES string of the molecule is CC(C(=O)N1CCOCC1)n1cncc1[C@@H](C)N. The summed E-state index contributed by atoms with van der Waals surface area (Å²) in [4.78, 5) is 18.3. The molecule has 0 bridgehead atoms. The highest BCUT2D eigenvalue weighted by Gasteiger charge is 2.25. The van der Waals surface area contributed by atoms with Gasteiger partial charge in [0.2, 0.25) is 5.91 Å². The van der Waals surface area contributed by atoms with Gasteiger partial charge in [-0.2, -0.15) is 0 Å². The van der Waals surface area contributed by atoms with E-state index in [0.717, 1.165) is 5.69 Å². The van der Waals surface area contributed by atoms with Crippen LogP contribution in [0.5, 0.6) is 0 Å². The lowest BCUT2D eigenvalue weighted by molar-refractivity contribution is -0.138. The van der Waals surface area contributed by atoms with Gasteiger partial charge in [-0.15, -0.1) is 0 Å². The molecule has 0 spiro atoms. The van der Waals surface area contributed by atoms with Gasteiger partial charge in [-0.25, -0.2) is 4.98 Å². The molecule has 1 aromatic heterocycles. The number of amides is 1. The minimum absolute atomic E-state index is 0.0956. The lowest BCUT2D eigenvalue weighted by Gasteiger charge is -2.30. The van der Waals surface area contributed by atoms with E-state index < -0.39 is 0 Å². The normalized spacial score (nSPS) is 19.6. The van der Waals surface area contributed by atoms with Crippen molar-refractivity contribution >= 4 is 5.91 Å². The summed E-state index contributed by atoms with van der Waals surface area (Å²) in [5, 5.41) is 0. The predicted molar refractivity (Wildman–Crippen MR) is 66.9 cm³/mol. The molecule has 2 N–H and O–H groups in total. The summed E-state index contributed by atoms with van der Waals surface area (Å²) in [5.74, 6) is 0.0956. The Hall–Kier alpha value is -1.40. The van der Waals surface area contributed by atoms with Crippen LogP contribution >= 0.6 is 0 Å². The van der Waals surface area contributed by atoms with Crippen LogP contribution < -0.4 is 5.73 Å². The molecule has 1 amide bonds. The number of imidazole rings is 1. The Kier molecular flexibility index (Phi) is 3.98. The van der Waals surface area contributed by atoms with E-state index in [1.54, 1.807) is 12.5 Å². The topological polar surface area (TPSA) is 73.4 Å². The Morgan fingerprint density at radius 1 is 1.44 bits per heavy atom. The zero-order chi connectivity index (χ0) is 13.1. The Morgan fingerprint density at radius 3 is 2.72 bits per heavy atom. The van der Waals surface area contributed by atoms with E-state index in [0.29, 0.717) is 26.3 Å². The van der Waals surface area contributed by atoms with Crippen LogP contribution in [-0.2, 0) is 9.53 Å². The summed E-state index contributed by atoms with van der Waals surface area (Å²) < 4.78 is 7.10. The Bertz CT molecular complexity index is 410. The molecule has 6 heteroatoms. The van der Waals surface area contributed by atoms with E-state index in [1.807, 2.05) is 23.3 Å². The monoisotopic (exact) mass is 252 g/mol. The van der Waals surface area contributed by atoms with E-state index >= 15 is 0 Å². The lowest BCUT2D eigenvalue weighted by atomic mass is 10.2. The molecule has 100 valence electrons. The molecule has 1 aliphatic heterocycles. The molecule has 18 heavy (non-hydrogen) atoms. The van der Waals surface area contributed by atoms with E-state index in [1.165, 1.54) is 0 Å². The van der Waals surface area contributed by atoms with Crippen LogP contribution in [0.4, 0.5) is 0 Å². The summed E-state index contributed by atoms with van der Waals surface area (Å²) in [7, 11) is 0. The number of aromatic nitrogens is 2. The molecule has 2 rings (SSSR count). The van der Waals surface area contributed by atoms with E-state index in [2.05, 4.69) is 4.98 Å². The number of morpholine rings is 1. The number of rotatable bonds is 3. The second-order valence-electron chi connectivity index (χ2n) is 4.63. The van der Waals surface area contributed by atoms with Crippen molar-refractivity contribution in [3.8, 4) is 0 Å². The summed E-state index contributed by atoms with van der Waals surface area (Å²) >= 11 is 0. The van der Waals surface area contributed by atoms with Gasteiger partial charge in [0, 0.05) is 25.3 Å². The maximum absolute atomic E-state index is 12.4. The Labute approximate surface area is 107 Å². The van der Waals surface area contributed by atoms with Crippen LogP contribution in [0, 0.1) is 0 Å². The number of carbonyl (C=O) groups is 1. The maximum atomic E-state index is 12.4. The third-order valence-corrected chi connectivity index (χ3v) is 3.26. The minimum Gasteiger partial charge on any atom is -0.378 e. The second kappa shape index (κ2) is 5.49. The summed E-state index contributed by atoms with van der Waals surface area (Å²) in [6, 6.07) is -0.404. The molecule has 6 nitrogen and oxygen atoms in total. The number of nitrogens with two attached hydrogens (primary N) is 1. The van der Waals surface area contributed by atoms with Crippen LogP contribution in [0.3, 0.4) is 0 Å². The zero-order valence-electron chi connectivity index (χ0n) is 10.9. The van der Waals surface area contributed by atoms with E-state index in [4.69, 9.17) is 10.5 Å². The molecule has 1 fully saturated rings. The highest BCUT2D eigenvalue weighted by molar-refractivity contribution is 5.80. The fourth-order valence-corrected chi connectivity index (χ4v) is 2.16. The Balaban J connectivity index is 2.12. The van der Waals surface area contributed by atoms with Crippen LogP contribution in [0.15, 0.2) is 12.5 Å². The largest absolute Gasteiger partial charge is 0.378 e. The van der Waals surface area contributed by atoms with Gasteiger partial charge in [0.05, 0.1) is 25.2 Å². The minimum atomic E-state index is -0.272. The summed E-state index contributed by atoms with van der Waals surface area (Å²) in [6.45, 7) is 6.31. The van der Waals surface area contributed by atoms with Gasteiger partial charge in [0.1, 0.15) is 6.04 Å². The van der Waals surface area contributed by atoms with Gasteiger partial charge < -0.3 is 19.9 Å². The number of hydrogen-bond donors (Lipinski definition) is 1. The first-order valence-corrected chi connectivity index (χ1v) is 6.25. The molecule has 2 heterocycles. The molecule has 0 aliphatic carbocycles. The van der Waals surface area contributed by atoms with Crippen molar-refractivity contribution in [1.29, 1.82) is 0 Å². The van der Waals surface area contributed by atoms with Crippen LogP contribution in [-0.4, -0.2) is 46.7 Å². The first-order valence-electron chi connectivity index (χ1n) is 6.25. The standard InChI is InChI=1S/C12H20N4O2/c1-9(13)11-7-14-8-16(11)10(2)12(17)15-3-5-18-6-4-15/h7-10H,3-6,13H2,1-2H3/t9-,10?/m1/s1. The van der Waals surface area contributed by atoms with Gasteiger partial charge in [0.15, 0.2) is 0 Å². The highest BCUT2D eigenvalue weighted by atomic mass is 16.5. The molecule has 2 atom stereocenters. The summed E-state index contributed by atoms with van der Waals surface area (Å²) in [5.41, 5.74) is 6.75. The zero-order valence-corrected chi connectivity index (χ0v) is 10.9. The van der Waals surface area contributed by atoms with Crippen molar-refractivity contribution < 1.29 is 9.53 Å². The quantitative estimate of drug-likeness (QED) is 0.841. The maximum Gasteiger partial charge on any atom is 0.245 e. The smallest absolute Gasteiger partial charge is 0.245 e. The van der Waals surface area contributed by atoms with Crippen molar-refractivity contribution in [2.24, 2.45) is 5.73 Å². The number of nitrogens with zero attached hydrogens (tertiary/aromatic N) is 3. The molecular weight excluding hydrogens is 232 g/mol. The first-order chi connectivity index (χ1) is 8.61. The molecule has 1 unspecified atom stereocenters. The average molecular weight is 252 g/mol. The van der Waals surface area contributed by atoms with Crippen molar-refractivity contribution in [3.63, 3.8) is 0 Å². The van der Waals surface area contributed by atoms with E-state index in [-0.39, 0.29) is 18.0 Å². The van der Waals surface area contributed by atoms with Gasteiger partial charge in [0.25, 0.3) is 0 Å². The molecule has 0 saturated carbocycles. The lowest BCUT2D eigenvalue weighted by Crippen LogP contribution is -2.43. The molecule has 1 saturated heterocycles. The predicted octanol–water partition coefficient (Wildman–Crippen LogP) is 0.323. The fourth-order valence-electron chi connectivity index (χ4n) is 2.16. The van der Waals surface area contributed by atoms with Gasteiger partial charge >= 0.3 is 0 Å². The van der Waals surface area contributed by atoms with Crippen LogP contribution in [0.1, 0.15) is 31.6 Å². The molecule has 1 aromatic rings. The van der Waals surface area contributed by atoms with E-state index in [9.17, 15) is 4.79 Å².